The molecule has 5 nitrogen and oxygen atoms in total. The number of nitrogens with zero attached hydrogens (tertiary/aromatic N) is 1. The smallest absolute Gasteiger partial charge is 0.326 e. The van der Waals surface area contributed by atoms with Crippen LogP contribution in [0.4, 0.5) is 0 Å². The molecule has 0 saturated carbocycles. The lowest BCUT2D eigenvalue weighted by Gasteiger charge is -2.54. The Morgan fingerprint density at radius 3 is 1.59 bits per heavy atom. The van der Waals surface area contributed by atoms with Crippen molar-refractivity contribution in [1.29, 1.82) is 0 Å². The van der Waals surface area contributed by atoms with Gasteiger partial charge in [-0.05, 0) is 27.8 Å². The molecule has 2 bridgehead atoms. The molecule has 1 aliphatic heterocycles. The van der Waals surface area contributed by atoms with E-state index in [1.807, 2.05) is 78.9 Å². The molecule has 1 heterocycles. The summed E-state index contributed by atoms with van der Waals surface area (Å²) in [5, 5.41) is 0. The van der Waals surface area contributed by atoms with Gasteiger partial charge in [-0.3, -0.25) is 19.3 Å². The molecular weight excluding hydrogens is 473 g/mol. The summed E-state index contributed by atoms with van der Waals surface area (Å²) in [6.07, 6.45) is 0. The molecule has 34 heavy (non-hydrogen) atoms. The quantitative estimate of drug-likeness (QED) is 0.309. The molecule has 1 saturated heterocycles. The number of amides is 2. The van der Waals surface area contributed by atoms with Gasteiger partial charge in [-0.15, -0.1) is 23.2 Å². The van der Waals surface area contributed by atoms with Gasteiger partial charge in [-0.1, -0.05) is 78.9 Å². The topological polar surface area (TPSA) is 63.7 Å². The average molecular weight is 492 g/mol. The van der Waals surface area contributed by atoms with E-state index >= 15 is 0 Å². The summed E-state index contributed by atoms with van der Waals surface area (Å²) in [5.41, 5.74) is 3.71. The van der Waals surface area contributed by atoms with Crippen LogP contribution in [-0.4, -0.2) is 29.2 Å². The second-order valence-electron chi connectivity index (χ2n) is 8.88. The number of alkyl halides is 2. The van der Waals surface area contributed by atoms with Crippen molar-refractivity contribution >= 4 is 41.0 Å². The molecule has 0 radical (unpaired) electrons. The van der Waals surface area contributed by atoms with Crippen molar-refractivity contribution in [2.75, 3.05) is 6.54 Å². The van der Waals surface area contributed by atoms with Gasteiger partial charge in [0, 0.05) is 0 Å². The van der Waals surface area contributed by atoms with Gasteiger partial charge in [0.15, 0.2) is 0 Å². The van der Waals surface area contributed by atoms with E-state index in [0.717, 1.165) is 32.7 Å². The van der Waals surface area contributed by atoms with Gasteiger partial charge in [-0.2, -0.15) is 0 Å². The van der Waals surface area contributed by atoms with Crippen LogP contribution in [0.15, 0.2) is 78.9 Å². The molecule has 170 valence electrons. The summed E-state index contributed by atoms with van der Waals surface area (Å²) in [7, 11) is 0. The van der Waals surface area contributed by atoms with Crippen LogP contribution < -0.4 is 0 Å². The maximum absolute atomic E-state index is 13.7. The SMILES string of the molecule is O=C(CN1C(=O)[C@@H]2[C@H](C1=O)C1(Cl)c3ccccc3C2(Cl)c2ccccc21)OCc1ccccc1. The van der Waals surface area contributed by atoms with Crippen molar-refractivity contribution in [3.8, 4) is 0 Å². The molecule has 7 heteroatoms. The van der Waals surface area contributed by atoms with E-state index < -0.39 is 45.9 Å². The lowest BCUT2D eigenvalue weighted by molar-refractivity contribution is -0.153. The molecule has 2 atom stereocenters. The van der Waals surface area contributed by atoms with Crippen LogP contribution in [0.5, 0.6) is 0 Å². The minimum atomic E-state index is -1.26. The molecule has 1 fully saturated rings. The number of hydrogen-bond donors (Lipinski definition) is 0. The van der Waals surface area contributed by atoms with E-state index in [4.69, 9.17) is 27.9 Å². The molecule has 3 aliphatic carbocycles. The Morgan fingerprint density at radius 1 is 0.735 bits per heavy atom. The molecule has 3 aromatic rings. The van der Waals surface area contributed by atoms with E-state index in [1.54, 1.807) is 0 Å². The Balaban J connectivity index is 1.38. The first kappa shape index (κ1) is 21.4. The van der Waals surface area contributed by atoms with Gasteiger partial charge in [0.2, 0.25) is 11.8 Å². The van der Waals surface area contributed by atoms with E-state index in [0.29, 0.717) is 0 Å². The summed E-state index contributed by atoms with van der Waals surface area (Å²) in [6, 6.07) is 24.0. The van der Waals surface area contributed by atoms with Crippen molar-refractivity contribution in [3.05, 3.63) is 107 Å². The van der Waals surface area contributed by atoms with Crippen molar-refractivity contribution in [2.24, 2.45) is 11.8 Å². The van der Waals surface area contributed by atoms with Gasteiger partial charge in [0.25, 0.3) is 0 Å². The number of halogens is 2. The first-order valence-corrected chi connectivity index (χ1v) is 11.8. The Kier molecular flexibility index (Phi) is 4.67. The third-order valence-corrected chi connectivity index (χ3v) is 8.49. The standard InChI is InChI=1S/C27H19Cl2NO4/c28-26-17-10-4-5-11-18(17)27(29,20-13-7-6-12-19(20)26)23-22(26)24(32)30(25(23)33)14-21(31)34-15-16-8-2-1-3-9-16/h1-13,22-23H,14-15H2/t22-,23+,26?,27?. The van der Waals surface area contributed by atoms with Crippen molar-refractivity contribution in [2.45, 2.75) is 16.4 Å². The van der Waals surface area contributed by atoms with Gasteiger partial charge < -0.3 is 4.74 Å². The van der Waals surface area contributed by atoms with Gasteiger partial charge in [0.05, 0.1) is 11.8 Å². The predicted molar refractivity (Wildman–Crippen MR) is 126 cm³/mol. The maximum Gasteiger partial charge on any atom is 0.326 e. The van der Waals surface area contributed by atoms with E-state index in [9.17, 15) is 14.4 Å². The van der Waals surface area contributed by atoms with E-state index in [2.05, 4.69) is 0 Å². The zero-order chi connectivity index (χ0) is 23.7. The summed E-state index contributed by atoms with van der Waals surface area (Å²) in [5.74, 6) is -3.53. The maximum atomic E-state index is 13.7. The molecule has 3 aromatic carbocycles. The summed E-state index contributed by atoms with van der Waals surface area (Å²) < 4.78 is 5.33. The van der Waals surface area contributed by atoms with Crippen molar-refractivity contribution < 1.29 is 19.1 Å². The minimum Gasteiger partial charge on any atom is -0.459 e. The number of carbonyl (C=O) groups excluding carboxylic acids is 3. The predicted octanol–water partition coefficient (Wildman–Crippen LogP) is 4.32. The highest BCUT2D eigenvalue weighted by atomic mass is 35.5. The lowest BCUT2D eigenvalue weighted by Crippen LogP contribution is -2.57. The monoisotopic (exact) mass is 491 g/mol. The molecule has 0 aromatic heterocycles. The highest BCUT2D eigenvalue weighted by molar-refractivity contribution is 6.36. The van der Waals surface area contributed by atoms with Gasteiger partial charge in [0.1, 0.15) is 22.9 Å². The number of hydrogen-bond acceptors (Lipinski definition) is 4. The summed E-state index contributed by atoms with van der Waals surface area (Å²) in [6.45, 7) is -0.428. The normalized spacial score (nSPS) is 28.4. The van der Waals surface area contributed by atoms with Crippen molar-refractivity contribution in [3.63, 3.8) is 0 Å². The third-order valence-electron chi connectivity index (χ3n) is 7.21. The van der Waals surface area contributed by atoms with Crippen LogP contribution >= 0.6 is 23.2 Å². The second-order valence-corrected chi connectivity index (χ2v) is 10.1. The molecule has 2 amide bonds. The molecule has 4 aliphatic rings. The number of carbonyl (C=O) groups is 3. The zero-order valence-corrected chi connectivity index (χ0v) is 19.4. The zero-order valence-electron chi connectivity index (χ0n) is 17.9. The van der Waals surface area contributed by atoms with Crippen LogP contribution in [0.1, 0.15) is 27.8 Å². The molecule has 0 unspecified atom stereocenters. The Labute approximate surface area is 206 Å². The fourth-order valence-corrected chi connectivity index (χ4v) is 6.89. The third kappa shape index (κ3) is 2.65. The number of benzene rings is 3. The first-order chi connectivity index (χ1) is 16.4. The summed E-state index contributed by atoms with van der Waals surface area (Å²) >= 11 is 14.7. The first-order valence-electron chi connectivity index (χ1n) is 11.0. The number of imide groups is 1. The van der Waals surface area contributed by atoms with E-state index in [1.165, 1.54) is 0 Å². The summed E-state index contributed by atoms with van der Waals surface area (Å²) in [4.78, 5) is 38.4. The number of rotatable bonds is 4. The molecule has 0 N–H and O–H groups in total. The van der Waals surface area contributed by atoms with E-state index in [-0.39, 0.29) is 6.61 Å². The Morgan fingerprint density at radius 2 is 1.15 bits per heavy atom. The van der Waals surface area contributed by atoms with Gasteiger partial charge >= 0.3 is 5.97 Å². The Hall–Kier alpha value is -3.15. The van der Waals surface area contributed by atoms with Crippen LogP contribution in [0, 0.1) is 11.8 Å². The minimum absolute atomic E-state index is 0.0541. The van der Waals surface area contributed by atoms with Crippen LogP contribution in [-0.2, 0) is 35.5 Å². The fraction of sp³-hybridized carbons (Fsp3) is 0.222. The van der Waals surface area contributed by atoms with Gasteiger partial charge in [-0.25, -0.2) is 0 Å². The average Bonchev–Trinajstić information content (AvgIpc) is 3.12. The Bertz CT molecular complexity index is 1230. The lowest BCUT2D eigenvalue weighted by atomic mass is 9.54. The fourth-order valence-electron chi connectivity index (χ4n) is 5.79. The largest absolute Gasteiger partial charge is 0.459 e. The number of esters is 1. The highest BCUT2D eigenvalue weighted by Gasteiger charge is 2.73. The molecular formula is C27H19Cl2NO4. The highest BCUT2D eigenvalue weighted by Crippen LogP contribution is 2.69. The number of likely N-dealkylation sites (tertiary alicyclic amines) is 1. The number of ether oxygens (including phenoxy) is 1. The van der Waals surface area contributed by atoms with Crippen LogP contribution in [0.25, 0.3) is 0 Å². The van der Waals surface area contributed by atoms with Crippen molar-refractivity contribution in [1.82, 2.24) is 4.90 Å². The van der Waals surface area contributed by atoms with Crippen LogP contribution in [0.3, 0.4) is 0 Å². The second kappa shape index (κ2) is 7.42. The molecule has 0 spiro atoms. The van der Waals surface area contributed by atoms with Crippen LogP contribution in [0.2, 0.25) is 0 Å². The molecule has 7 rings (SSSR count).